The highest BCUT2D eigenvalue weighted by atomic mass is 16.5. The molecule has 2 N–H and O–H groups in total. The van der Waals surface area contributed by atoms with Gasteiger partial charge in [-0.3, -0.25) is 4.79 Å². The van der Waals surface area contributed by atoms with E-state index >= 15 is 0 Å². The van der Waals surface area contributed by atoms with E-state index < -0.39 is 6.10 Å². The molecule has 0 radical (unpaired) electrons. The smallest absolute Gasteiger partial charge is 0.259 e. The number of pyridine rings is 1. The van der Waals surface area contributed by atoms with E-state index in [0.29, 0.717) is 34.7 Å². The van der Waals surface area contributed by atoms with Crippen LogP contribution in [-0.4, -0.2) is 33.8 Å². The van der Waals surface area contributed by atoms with Crippen LogP contribution in [-0.2, 0) is 0 Å². The first-order chi connectivity index (χ1) is 10.6. The zero-order valence-electron chi connectivity index (χ0n) is 12.9. The van der Waals surface area contributed by atoms with Gasteiger partial charge >= 0.3 is 0 Å². The number of aliphatic hydroxyl groups is 1. The summed E-state index contributed by atoms with van der Waals surface area (Å²) < 4.78 is 5.23. The van der Waals surface area contributed by atoms with E-state index in [1.807, 2.05) is 13.0 Å². The first kappa shape index (κ1) is 15.0. The molecule has 1 aliphatic carbocycles. The summed E-state index contributed by atoms with van der Waals surface area (Å²) in [5.74, 6) is 0.211. The van der Waals surface area contributed by atoms with Crippen LogP contribution < -0.4 is 5.32 Å². The van der Waals surface area contributed by atoms with Crippen LogP contribution in [0.5, 0.6) is 0 Å². The molecule has 2 heterocycles. The quantitative estimate of drug-likeness (QED) is 0.855. The molecule has 1 amide bonds. The van der Waals surface area contributed by atoms with Crippen LogP contribution in [0.3, 0.4) is 0 Å². The number of hydrogen-bond acceptors (Lipinski definition) is 5. The highest BCUT2D eigenvalue weighted by Crippen LogP contribution is 2.40. The van der Waals surface area contributed by atoms with Crippen molar-refractivity contribution in [2.24, 2.45) is 0 Å². The monoisotopic (exact) mass is 303 g/mol. The molecule has 3 rings (SSSR count). The Bertz CT molecular complexity index is 691. The molecule has 1 atom stereocenters. The molecule has 2 aromatic rings. The summed E-state index contributed by atoms with van der Waals surface area (Å²) in [7, 11) is 0. The predicted octanol–water partition coefficient (Wildman–Crippen LogP) is 2.30. The van der Waals surface area contributed by atoms with E-state index in [9.17, 15) is 9.90 Å². The van der Waals surface area contributed by atoms with Crippen molar-refractivity contribution >= 4 is 17.0 Å². The second-order valence-electron chi connectivity index (χ2n) is 5.97. The Labute approximate surface area is 128 Å². The molecule has 2 aromatic heterocycles. The Morgan fingerprint density at radius 3 is 3.00 bits per heavy atom. The average Bonchev–Trinajstić information content (AvgIpc) is 3.29. The molecule has 0 aromatic carbocycles. The van der Waals surface area contributed by atoms with Gasteiger partial charge in [-0.15, -0.1) is 0 Å². The van der Waals surface area contributed by atoms with Crippen LogP contribution in [0.2, 0.25) is 0 Å². The number of nitrogens with one attached hydrogen (secondary N) is 1. The Hall–Kier alpha value is -1.95. The van der Waals surface area contributed by atoms with Crippen molar-refractivity contribution in [1.29, 1.82) is 0 Å². The summed E-state index contributed by atoms with van der Waals surface area (Å²) in [4.78, 5) is 17.0. The van der Waals surface area contributed by atoms with Crippen LogP contribution in [0.1, 0.15) is 60.3 Å². The zero-order chi connectivity index (χ0) is 15.7. The summed E-state index contributed by atoms with van der Waals surface area (Å²) in [5, 5.41) is 17.1. The van der Waals surface area contributed by atoms with Gasteiger partial charge in [-0.05, 0) is 32.3 Å². The van der Waals surface area contributed by atoms with Gasteiger partial charge in [-0.25, -0.2) is 4.98 Å². The van der Waals surface area contributed by atoms with Gasteiger partial charge in [0.15, 0.2) is 0 Å². The molecule has 6 heteroatoms. The Morgan fingerprint density at radius 1 is 1.55 bits per heavy atom. The molecular formula is C16H21N3O3. The summed E-state index contributed by atoms with van der Waals surface area (Å²) in [6.07, 6.45) is 3.24. The van der Waals surface area contributed by atoms with Crippen LogP contribution >= 0.6 is 0 Å². The predicted molar refractivity (Wildman–Crippen MR) is 81.8 cm³/mol. The fraction of sp³-hybridized carbons (Fsp3) is 0.562. The lowest BCUT2D eigenvalue weighted by atomic mass is 10.1. The van der Waals surface area contributed by atoms with E-state index in [4.69, 9.17) is 4.52 Å². The van der Waals surface area contributed by atoms with Crippen molar-refractivity contribution in [3.05, 3.63) is 23.0 Å². The molecule has 0 saturated heterocycles. The van der Waals surface area contributed by atoms with Crippen molar-refractivity contribution in [3.63, 3.8) is 0 Å². The lowest BCUT2D eigenvalue weighted by Crippen LogP contribution is -2.32. The fourth-order valence-corrected chi connectivity index (χ4v) is 2.62. The third kappa shape index (κ3) is 2.97. The van der Waals surface area contributed by atoms with Gasteiger partial charge in [0, 0.05) is 18.2 Å². The lowest BCUT2D eigenvalue weighted by molar-refractivity contribution is 0.0911. The summed E-state index contributed by atoms with van der Waals surface area (Å²) in [6.45, 7) is 4.05. The minimum atomic E-state index is -0.516. The van der Waals surface area contributed by atoms with Crippen molar-refractivity contribution in [2.75, 3.05) is 6.54 Å². The number of aliphatic hydroxyl groups excluding tert-OH is 1. The summed E-state index contributed by atoms with van der Waals surface area (Å²) in [6, 6.07) is 1.84. The molecule has 6 nitrogen and oxygen atoms in total. The number of carbonyl (C=O) groups is 1. The second-order valence-corrected chi connectivity index (χ2v) is 5.97. The number of nitrogens with zero attached hydrogens (tertiary/aromatic N) is 2. The number of amides is 1. The second kappa shape index (κ2) is 6.04. The van der Waals surface area contributed by atoms with Gasteiger partial charge in [0.25, 0.3) is 11.6 Å². The van der Waals surface area contributed by atoms with Gasteiger partial charge < -0.3 is 14.9 Å². The molecule has 0 aliphatic heterocycles. The molecule has 1 saturated carbocycles. The number of carbonyl (C=O) groups excluding carboxylic acids is 1. The molecule has 118 valence electrons. The SMILES string of the molecule is CCCC(O)CNC(=O)c1cc(C2CC2)nc2onc(C)c12. The largest absolute Gasteiger partial charge is 0.391 e. The highest BCUT2D eigenvalue weighted by Gasteiger charge is 2.28. The highest BCUT2D eigenvalue weighted by molar-refractivity contribution is 6.06. The van der Waals surface area contributed by atoms with Gasteiger partial charge in [-0.1, -0.05) is 18.5 Å². The molecule has 0 spiro atoms. The molecule has 1 aliphatic rings. The van der Waals surface area contributed by atoms with E-state index in [0.717, 1.165) is 25.0 Å². The van der Waals surface area contributed by atoms with E-state index in [1.165, 1.54) is 0 Å². The Morgan fingerprint density at radius 2 is 2.32 bits per heavy atom. The van der Waals surface area contributed by atoms with Crippen LogP contribution in [0.25, 0.3) is 11.1 Å². The molecule has 22 heavy (non-hydrogen) atoms. The molecular weight excluding hydrogens is 282 g/mol. The standard InChI is InChI=1S/C16H21N3O3/c1-3-4-11(20)8-17-15(21)12-7-13(10-5-6-10)18-16-14(12)9(2)19-22-16/h7,10-11,20H,3-6,8H2,1-2H3,(H,17,21). The maximum atomic E-state index is 12.5. The third-order valence-corrected chi connectivity index (χ3v) is 4.00. The van der Waals surface area contributed by atoms with Gasteiger partial charge in [-0.2, -0.15) is 0 Å². The van der Waals surface area contributed by atoms with Crippen LogP contribution in [0.4, 0.5) is 0 Å². The maximum Gasteiger partial charge on any atom is 0.259 e. The normalized spacial score (nSPS) is 16.0. The van der Waals surface area contributed by atoms with Crippen molar-refractivity contribution in [2.45, 2.75) is 51.6 Å². The van der Waals surface area contributed by atoms with Crippen molar-refractivity contribution in [1.82, 2.24) is 15.5 Å². The third-order valence-electron chi connectivity index (χ3n) is 4.00. The van der Waals surface area contributed by atoms with Crippen molar-refractivity contribution < 1.29 is 14.4 Å². The van der Waals surface area contributed by atoms with Crippen LogP contribution in [0.15, 0.2) is 10.6 Å². The van der Waals surface area contributed by atoms with E-state index in [1.54, 1.807) is 6.92 Å². The van der Waals surface area contributed by atoms with Gasteiger partial charge in [0.1, 0.15) is 0 Å². The van der Waals surface area contributed by atoms with Crippen molar-refractivity contribution in [3.8, 4) is 0 Å². The fourth-order valence-electron chi connectivity index (χ4n) is 2.62. The molecule has 0 bridgehead atoms. The minimum absolute atomic E-state index is 0.212. The Balaban J connectivity index is 1.87. The number of rotatable bonds is 6. The summed E-state index contributed by atoms with van der Waals surface area (Å²) in [5.41, 5.74) is 2.50. The lowest BCUT2D eigenvalue weighted by Gasteiger charge is -2.11. The van der Waals surface area contributed by atoms with Gasteiger partial charge in [0.2, 0.25) is 0 Å². The number of aromatic nitrogens is 2. The van der Waals surface area contributed by atoms with E-state index in [-0.39, 0.29) is 12.5 Å². The van der Waals surface area contributed by atoms with Crippen LogP contribution in [0, 0.1) is 6.92 Å². The summed E-state index contributed by atoms with van der Waals surface area (Å²) >= 11 is 0. The maximum absolute atomic E-state index is 12.5. The topological polar surface area (TPSA) is 88.2 Å². The molecule has 1 unspecified atom stereocenters. The number of fused-ring (bicyclic) bond motifs is 1. The first-order valence-electron chi connectivity index (χ1n) is 7.83. The number of hydrogen-bond donors (Lipinski definition) is 2. The molecule has 1 fully saturated rings. The minimum Gasteiger partial charge on any atom is -0.391 e. The van der Waals surface area contributed by atoms with E-state index in [2.05, 4.69) is 15.5 Å². The number of aryl methyl sites for hydroxylation is 1. The van der Waals surface area contributed by atoms with Gasteiger partial charge in [0.05, 0.1) is 22.7 Å². The Kier molecular flexibility index (Phi) is 4.11. The average molecular weight is 303 g/mol. The zero-order valence-corrected chi connectivity index (χ0v) is 12.9. The first-order valence-corrected chi connectivity index (χ1v) is 7.83.